The molecule has 4 aromatic rings. The third-order valence-corrected chi connectivity index (χ3v) is 21.2. The fraction of sp³-hybridized carbons (Fsp3) is 0.588. The molecule has 0 aliphatic heterocycles. The number of amides is 13. The van der Waals surface area contributed by atoms with Gasteiger partial charge in [-0.05, 0) is 253 Å². The lowest BCUT2D eigenvalue weighted by Gasteiger charge is -2.29. The van der Waals surface area contributed by atoms with Crippen LogP contribution < -0.4 is 133 Å². The third-order valence-electron chi connectivity index (χ3n) is 21.2. The maximum absolute atomic E-state index is 15.5. The predicted molar refractivity (Wildman–Crippen MR) is 484 cm³/mol. The summed E-state index contributed by atoms with van der Waals surface area (Å²) in [7, 11) is 0. The fourth-order valence-electron chi connectivity index (χ4n) is 14.0. The van der Waals surface area contributed by atoms with Crippen molar-refractivity contribution in [1.29, 1.82) is 0 Å². The van der Waals surface area contributed by atoms with E-state index in [2.05, 4.69) is 73.5 Å². The average Bonchev–Trinajstić information content (AvgIpc) is 1.66. The number of unbranched alkanes of at least 4 members (excludes halogenated alkanes) is 7. The van der Waals surface area contributed by atoms with Crippen LogP contribution in [0.15, 0.2) is 89.0 Å². The van der Waals surface area contributed by atoms with Crippen LogP contribution in [-0.4, -0.2) is 241 Å². The first-order valence-electron chi connectivity index (χ1n) is 44.2. The number of aromatic hydroxyl groups is 2. The van der Waals surface area contributed by atoms with Crippen LogP contribution in [-0.2, 0) is 81.6 Å². The highest BCUT2D eigenvalue weighted by atomic mass is 19.4. The molecule has 0 spiro atoms. The van der Waals surface area contributed by atoms with Gasteiger partial charge in [0.25, 0.3) is 0 Å². The molecule has 13 amide bonds. The predicted octanol–water partition coefficient (Wildman–Crippen LogP) is -3.52. The number of halogens is 3. The first-order chi connectivity index (χ1) is 62.1. The first-order valence-corrected chi connectivity index (χ1v) is 44.2. The van der Waals surface area contributed by atoms with Gasteiger partial charge in [-0.3, -0.25) is 72.3 Å². The number of guanidine groups is 2. The molecule has 45 heteroatoms. The number of nitrogens with two attached hydrogens (primary N) is 12. The van der Waals surface area contributed by atoms with Crippen molar-refractivity contribution in [2.75, 3.05) is 58.9 Å². The van der Waals surface area contributed by atoms with E-state index < -0.39 is 175 Å². The number of H-pyrrole nitrogens is 1. The number of aromatic nitrogens is 1. The van der Waals surface area contributed by atoms with Crippen LogP contribution in [0.25, 0.3) is 10.9 Å². The summed E-state index contributed by atoms with van der Waals surface area (Å²) in [5.41, 5.74) is 70.7. The van der Waals surface area contributed by atoms with Crippen molar-refractivity contribution in [3.8, 4) is 11.5 Å². The molecular weight excluding hydrogens is 1700 g/mol. The number of nitrogens with one attached hydrogen (secondary N) is 13. The lowest BCUT2D eigenvalue weighted by Crippen LogP contribution is -2.61. The van der Waals surface area contributed by atoms with E-state index in [0.29, 0.717) is 99.2 Å². The molecule has 1 aromatic heterocycles. The molecule has 0 fully saturated rings. The average molecular weight is 1840 g/mol. The number of phenols is 2. The summed E-state index contributed by atoms with van der Waals surface area (Å²) in [4.78, 5) is 199. The van der Waals surface area contributed by atoms with E-state index in [1.165, 1.54) is 48.5 Å². The normalized spacial score (nSPS) is 14.1. The number of nitrogens with zero attached hydrogens (tertiary/aromatic N) is 2. The minimum absolute atomic E-state index is 0.0111. The second kappa shape index (κ2) is 60.7. The molecule has 0 unspecified atom stereocenters. The summed E-state index contributed by atoms with van der Waals surface area (Å²) in [6.07, 6.45) is -0.838. The zero-order valence-corrected chi connectivity index (χ0v) is 73.8. The van der Waals surface area contributed by atoms with E-state index in [1.807, 2.05) is 0 Å². The van der Waals surface area contributed by atoms with E-state index in [9.17, 15) is 61.7 Å². The highest BCUT2D eigenvalue weighted by molar-refractivity contribution is 6.00. The lowest BCUT2D eigenvalue weighted by molar-refractivity contribution is -0.174. The summed E-state index contributed by atoms with van der Waals surface area (Å²) in [6.45, 7) is 1.21. The highest BCUT2D eigenvalue weighted by Gasteiger charge is 2.43. The maximum Gasteiger partial charge on any atom is 0.471 e. The van der Waals surface area contributed by atoms with Gasteiger partial charge in [-0.1, -0.05) is 42.5 Å². The van der Waals surface area contributed by atoms with Gasteiger partial charge < -0.3 is 148 Å². The summed E-state index contributed by atoms with van der Waals surface area (Å²) in [6, 6.07) is -0.520. The second-order valence-corrected chi connectivity index (χ2v) is 31.8. The Morgan fingerprint density at radius 1 is 0.308 bits per heavy atom. The zero-order valence-electron chi connectivity index (χ0n) is 73.8. The number of aliphatic imine (C=N–C) groups is 2. The van der Waals surface area contributed by atoms with Gasteiger partial charge in [0.1, 0.15) is 84.0 Å². The zero-order chi connectivity index (χ0) is 96.1. The highest BCUT2D eigenvalue weighted by Crippen LogP contribution is 2.23. The van der Waals surface area contributed by atoms with E-state index >= 15 is 24.0 Å². The smallest absolute Gasteiger partial charge is 0.471 e. The van der Waals surface area contributed by atoms with Gasteiger partial charge in [0.05, 0.1) is 0 Å². The Hall–Kier alpha value is -12.0. The summed E-state index contributed by atoms with van der Waals surface area (Å²) >= 11 is 0. The SMILES string of the molecule is NCCCC[C@H](NC(=O)[C@H](CCCCN)NC(=O)[C@H](CCCCN)NC(=O)[C@H](CCCCN)NC(=O)[C@H](CCCCN)NC(=O)[C@H](CCCCN)NC(=O)[C@H](CCCCN)NC(=O)[C@H](Cc1c[nH]c2ccccc12)NC(=O)[C@H](CCCN=C(N)N)NC(=O)[C@H](Cc1ccc(O)cc1)NC(=O)[C@H](Cc1ccc(O)cc1)NC(=O)[C@H](CCCN=C(N)N)NC(=O)C(F)(F)F)C(N)=O. The molecule has 0 bridgehead atoms. The summed E-state index contributed by atoms with van der Waals surface area (Å²) in [5, 5.41) is 52.4. The number of benzene rings is 3. The van der Waals surface area contributed by atoms with E-state index in [-0.39, 0.29) is 171 Å². The molecule has 12 atom stereocenters. The molecule has 1 heterocycles. The van der Waals surface area contributed by atoms with Crippen LogP contribution in [0.5, 0.6) is 11.5 Å². The quantitative estimate of drug-likeness (QED) is 0.0116. The lowest BCUT2D eigenvalue weighted by atomic mass is 10.00. The number of phenolic OH excluding ortho intramolecular Hbond substituents is 2. The van der Waals surface area contributed by atoms with Crippen LogP contribution in [0.1, 0.15) is 177 Å². The van der Waals surface area contributed by atoms with E-state index in [1.54, 1.807) is 35.8 Å². The molecule has 0 saturated heterocycles. The first kappa shape index (κ1) is 110. The number of carbonyl (C=O) groups excluding carboxylic acids is 13. The van der Waals surface area contributed by atoms with Gasteiger partial charge in [-0.2, -0.15) is 13.2 Å². The van der Waals surface area contributed by atoms with Crippen molar-refractivity contribution in [2.24, 2.45) is 78.8 Å². The number of rotatable bonds is 66. The van der Waals surface area contributed by atoms with Crippen LogP contribution in [0.3, 0.4) is 0 Å². The molecule has 0 radical (unpaired) electrons. The number of alkyl halides is 3. The Morgan fingerprint density at radius 2 is 0.546 bits per heavy atom. The molecule has 0 aliphatic rings. The minimum Gasteiger partial charge on any atom is -0.508 e. The van der Waals surface area contributed by atoms with Gasteiger partial charge in [-0.25, -0.2) is 0 Å². The van der Waals surface area contributed by atoms with Crippen molar-refractivity contribution in [1.82, 2.24) is 68.8 Å². The molecule has 39 N–H and O–H groups in total. The van der Waals surface area contributed by atoms with Crippen molar-refractivity contribution < 1.29 is 85.7 Å². The molecule has 3 aromatic carbocycles. The van der Waals surface area contributed by atoms with Gasteiger partial charge in [0, 0.05) is 49.5 Å². The summed E-state index contributed by atoms with van der Waals surface area (Å²) in [5.74, 6) is -14.8. The number of primary amides is 1. The molecule has 0 saturated carbocycles. The Kier molecular flexibility index (Phi) is 51.5. The van der Waals surface area contributed by atoms with Crippen LogP contribution in [0, 0.1) is 0 Å². The number of hydrogen-bond donors (Lipinski definition) is 27. The Morgan fingerprint density at radius 3 is 0.815 bits per heavy atom. The van der Waals surface area contributed by atoms with Crippen molar-refractivity contribution in [3.05, 3.63) is 95.7 Å². The fourth-order valence-corrected chi connectivity index (χ4v) is 14.0. The number of hydrogen-bond acceptors (Lipinski definition) is 24. The van der Waals surface area contributed by atoms with Crippen molar-refractivity contribution in [2.45, 2.75) is 258 Å². The molecule has 4 rings (SSSR count). The maximum atomic E-state index is 15.5. The van der Waals surface area contributed by atoms with E-state index in [0.717, 1.165) is 0 Å². The third kappa shape index (κ3) is 42.0. The number of para-hydroxylation sites is 1. The van der Waals surface area contributed by atoms with Crippen LogP contribution in [0.4, 0.5) is 13.2 Å². The molecule has 724 valence electrons. The number of fused-ring (bicyclic) bond motifs is 1. The Labute approximate surface area is 754 Å². The van der Waals surface area contributed by atoms with E-state index in [4.69, 9.17) is 68.8 Å². The van der Waals surface area contributed by atoms with Gasteiger partial charge in [0.2, 0.25) is 70.9 Å². The van der Waals surface area contributed by atoms with Crippen LogP contribution >= 0.6 is 0 Å². The second-order valence-electron chi connectivity index (χ2n) is 31.8. The van der Waals surface area contributed by atoms with Gasteiger partial charge in [0.15, 0.2) is 11.9 Å². The Balaban J connectivity index is 1.78. The molecular formula is C85H138F3N27O15. The summed E-state index contributed by atoms with van der Waals surface area (Å²) < 4.78 is 41.4. The van der Waals surface area contributed by atoms with Crippen LogP contribution in [0.2, 0.25) is 0 Å². The van der Waals surface area contributed by atoms with Crippen molar-refractivity contribution >= 4 is 99.6 Å². The Bertz CT molecular complexity index is 4250. The van der Waals surface area contributed by atoms with Gasteiger partial charge in [-0.15, -0.1) is 0 Å². The molecule has 0 aliphatic carbocycles. The standard InChI is InChI=1S/C85H138F3N27O15/c86-85(87,88)82(130)115-66(29-18-46-102-84(99)100)78(126)112-68(48-52-32-36-55(117)37-33-52)80(128)113-67(47-51-30-34-54(116)35-31-51)79(127)111-65(28-17-45-101-83(97)98)77(125)114-69(49-53-50-103-57-20-2-1-19-56(53)57)81(129)110-64(27-9-16-44-95)76(124)109-63(26-8-15-43-94)75(123)108-62(25-7-14-42-93)74(122)107-61(24-6-13-41-92)73(121)106-60(23-5-12-40-91)72(120)105-59(22-4-11-39-90)71(119)104-58(70(96)118)21-3-10-38-89/h1-2,19-20,30-37,50,58-69,103,116-117H,3-18,21-29,38-49,89-95H2,(H2,96,118)(H,104,119)(H,105,120)(H,106,121)(H,107,122)(H,108,123)(H,109,124)(H,110,129)(H,111,127)(H,112,126)(H,113,128)(H,114,125)(H,115,130)(H4,97,98,101)(H4,99,100,102)/t58-,59-,60-,61-,62-,63-,64-,65-,66-,67-,68-,69-/m0/s1. The monoisotopic (exact) mass is 1830 g/mol. The largest absolute Gasteiger partial charge is 0.508 e. The number of aromatic amines is 1. The minimum atomic E-state index is -5.47. The topological polar surface area (TPSA) is 759 Å². The molecule has 130 heavy (non-hydrogen) atoms. The van der Waals surface area contributed by atoms with Crippen molar-refractivity contribution in [3.63, 3.8) is 0 Å². The van der Waals surface area contributed by atoms with Gasteiger partial charge >= 0.3 is 12.1 Å². The number of carbonyl (C=O) groups is 13. The molecule has 42 nitrogen and oxygen atoms in total.